The topological polar surface area (TPSA) is 78.6 Å². The van der Waals surface area contributed by atoms with Crippen LogP contribution in [-0.4, -0.2) is 55.5 Å². The molecule has 0 aromatic heterocycles. The van der Waals surface area contributed by atoms with Crippen molar-refractivity contribution in [1.29, 1.82) is 0 Å². The molecule has 4 N–H and O–H groups in total. The highest BCUT2D eigenvalue weighted by Crippen LogP contribution is 2.30. The van der Waals surface area contributed by atoms with Crippen molar-refractivity contribution < 1.29 is 9.90 Å². The lowest BCUT2D eigenvalue weighted by Crippen LogP contribution is -2.54. The monoisotopic (exact) mass is 377 g/mol. The Labute approximate surface area is 168 Å². The number of hydrogen-bond donors (Lipinski definition) is 3. The van der Waals surface area contributed by atoms with Gasteiger partial charge in [0.1, 0.15) is 5.54 Å². The van der Waals surface area contributed by atoms with Crippen LogP contribution >= 0.6 is 0 Å². The number of benzene rings is 2. The van der Waals surface area contributed by atoms with Gasteiger partial charge < -0.3 is 16.2 Å². The molecule has 1 fully saturated rings. The summed E-state index contributed by atoms with van der Waals surface area (Å²) in [4.78, 5) is 13.8. The third kappa shape index (κ3) is 4.75. The first-order valence-electron chi connectivity index (χ1n) is 9.87. The van der Waals surface area contributed by atoms with Crippen molar-refractivity contribution >= 4 is 19.5 Å². The molecule has 1 heterocycles. The van der Waals surface area contributed by atoms with E-state index in [1.165, 1.54) is 11.1 Å². The lowest BCUT2D eigenvalue weighted by Gasteiger charge is -2.25. The Hall–Kier alpha value is -2.31. The Morgan fingerprint density at radius 1 is 1.18 bits per heavy atom. The Bertz CT molecular complexity index is 769. The molecule has 2 aromatic carbocycles. The van der Waals surface area contributed by atoms with Crippen LogP contribution in [0.2, 0.25) is 6.32 Å². The number of carboxylic acids is 1. The molecule has 1 aliphatic rings. The summed E-state index contributed by atoms with van der Waals surface area (Å²) in [6, 6.07) is 18.6. The molecule has 1 saturated heterocycles. The normalized spacial score (nSPS) is 22.2. The van der Waals surface area contributed by atoms with Gasteiger partial charge >= 0.3 is 5.97 Å². The van der Waals surface area contributed by atoms with Crippen LogP contribution in [0.15, 0.2) is 54.6 Å². The van der Waals surface area contributed by atoms with E-state index >= 15 is 0 Å². The van der Waals surface area contributed by atoms with Gasteiger partial charge in [-0.1, -0.05) is 55.2 Å². The number of nitrogens with two attached hydrogens (primary N) is 1. The zero-order valence-corrected chi connectivity index (χ0v) is 16.2. The van der Waals surface area contributed by atoms with Gasteiger partial charge in [0.25, 0.3) is 0 Å². The summed E-state index contributed by atoms with van der Waals surface area (Å²) < 4.78 is 0. The van der Waals surface area contributed by atoms with Gasteiger partial charge in [-0.2, -0.15) is 0 Å². The Kier molecular flexibility index (Phi) is 6.76. The Morgan fingerprint density at radius 3 is 2.50 bits per heavy atom. The summed E-state index contributed by atoms with van der Waals surface area (Å²) in [5.41, 5.74) is 8.49. The van der Waals surface area contributed by atoms with Gasteiger partial charge in [-0.05, 0) is 29.7 Å². The number of anilines is 1. The fourth-order valence-electron chi connectivity index (χ4n) is 3.93. The summed E-state index contributed by atoms with van der Waals surface area (Å²) in [6.45, 7) is 2.58. The second-order valence-corrected chi connectivity index (χ2v) is 7.58. The molecule has 0 saturated carbocycles. The Balaban J connectivity index is 1.51. The number of nitrogens with one attached hydrogen (secondary N) is 1. The molecular weight excluding hydrogens is 349 g/mol. The molecule has 5 nitrogen and oxygen atoms in total. The van der Waals surface area contributed by atoms with Gasteiger partial charge in [0, 0.05) is 37.8 Å². The summed E-state index contributed by atoms with van der Waals surface area (Å²) in [5.74, 6) is -0.972. The van der Waals surface area contributed by atoms with Crippen LogP contribution in [0.1, 0.15) is 12.8 Å². The summed E-state index contributed by atoms with van der Waals surface area (Å²) in [5, 5.41) is 13.0. The van der Waals surface area contributed by atoms with Crippen LogP contribution in [0.5, 0.6) is 0 Å². The number of rotatable bonds is 9. The molecule has 2 aromatic rings. The van der Waals surface area contributed by atoms with Crippen molar-refractivity contribution in [1.82, 2.24) is 4.90 Å². The maximum atomic E-state index is 11.7. The van der Waals surface area contributed by atoms with Crippen LogP contribution in [0.3, 0.4) is 0 Å². The standard InChI is InChI=1S/C22H28BN3O2/c23-12-4-7-19-15-26(16-22(19,24)21(27)28)14-13-25-20-10-8-18(9-11-20)17-5-2-1-3-6-17/h1-3,5-6,8-11,19,25H,4,7,12-16,24H2,(H,27,28)/t19-,22-/m0/s1. The zero-order chi connectivity index (χ0) is 20.0. The van der Waals surface area contributed by atoms with E-state index in [2.05, 4.69) is 46.6 Å². The molecule has 2 atom stereocenters. The van der Waals surface area contributed by atoms with Crippen LogP contribution < -0.4 is 11.1 Å². The first-order valence-corrected chi connectivity index (χ1v) is 9.87. The zero-order valence-electron chi connectivity index (χ0n) is 16.2. The van der Waals surface area contributed by atoms with Crippen molar-refractivity contribution in [3.63, 3.8) is 0 Å². The molecule has 0 bridgehead atoms. The maximum absolute atomic E-state index is 11.7. The lowest BCUT2D eigenvalue weighted by molar-refractivity contribution is -0.144. The average Bonchev–Trinajstić information content (AvgIpc) is 3.04. The van der Waals surface area contributed by atoms with Gasteiger partial charge in [0.15, 0.2) is 0 Å². The molecule has 0 unspecified atom stereocenters. The van der Waals surface area contributed by atoms with Crippen LogP contribution in [0, 0.1) is 5.92 Å². The second kappa shape index (κ2) is 9.26. The van der Waals surface area contributed by atoms with E-state index in [-0.39, 0.29) is 5.92 Å². The molecule has 2 radical (unpaired) electrons. The van der Waals surface area contributed by atoms with Crippen LogP contribution in [0.25, 0.3) is 11.1 Å². The SMILES string of the molecule is [B]CCC[C@H]1CN(CCNc2ccc(-c3ccccc3)cc2)C[C@@]1(N)C(=O)O. The van der Waals surface area contributed by atoms with Crippen LogP contribution in [-0.2, 0) is 4.79 Å². The molecular formula is C22H28BN3O2. The number of nitrogens with zero attached hydrogens (tertiary/aromatic N) is 1. The van der Waals surface area contributed by atoms with Crippen molar-refractivity contribution in [3.8, 4) is 11.1 Å². The second-order valence-electron chi connectivity index (χ2n) is 7.58. The van der Waals surface area contributed by atoms with Gasteiger partial charge in [0.2, 0.25) is 0 Å². The highest BCUT2D eigenvalue weighted by molar-refractivity contribution is 6.08. The number of hydrogen-bond acceptors (Lipinski definition) is 4. The van der Waals surface area contributed by atoms with E-state index in [4.69, 9.17) is 13.6 Å². The molecule has 6 heteroatoms. The van der Waals surface area contributed by atoms with Gasteiger partial charge in [-0.3, -0.25) is 9.69 Å². The molecule has 28 heavy (non-hydrogen) atoms. The summed E-state index contributed by atoms with van der Waals surface area (Å²) in [6.07, 6.45) is 2.12. The highest BCUT2D eigenvalue weighted by atomic mass is 16.4. The first-order chi connectivity index (χ1) is 13.5. The van der Waals surface area contributed by atoms with Gasteiger partial charge in [-0.25, -0.2) is 0 Å². The largest absolute Gasteiger partial charge is 0.480 e. The third-order valence-electron chi connectivity index (χ3n) is 5.60. The van der Waals surface area contributed by atoms with E-state index in [0.29, 0.717) is 19.4 Å². The van der Waals surface area contributed by atoms with Crippen LogP contribution in [0.4, 0.5) is 5.69 Å². The minimum atomic E-state index is -1.17. The van der Waals surface area contributed by atoms with Crippen molar-refractivity contribution in [2.45, 2.75) is 24.7 Å². The smallest absolute Gasteiger partial charge is 0.325 e. The van der Waals surface area contributed by atoms with E-state index in [1.54, 1.807) is 0 Å². The van der Waals surface area contributed by atoms with Crippen molar-refractivity contribution in [2.24, 2.45) is 11.7 Å². The molecule has 1 aliphatic heterocycles. The lowest BCUT2D eigenvalue weighted by atomic mass is 9.83. The number of carbonyl (C=O) groups is 1. The van der Waals surface area contributed by atoms with Crippen molar-refractivity contribution in [2.75, 3.05) is 31.5 Å². The molecule has 0 spiro atoms. The summed E-state index contributed by atoms with van der Waals surface area (Å²) in [7, 11) is 5.59. The fourth-order valence-corrected chi connectivity index (χ4v) is 3.93. The summed E-state index contributed by atoms with van der Waals surface area (Å²) >= 11 is 0. The van der Waals surface area contributed by atoms with Crippen molar-refractivity contribution in [3.05, 3.63) is 54.6 Å². The minimum absolute atomic E-state index is 0.0568. The van der Waals surface area contributed by atoms with E-state index < -0.39 is 11.5 Å². The molecule has 146 valence electrons. The predicted octanol–water partition coefficient (Wildman–Crippen LogP) is 2.85. The fraction of sp³-hybridized carbons (Fsp3) is 0.409. The number of carboxylic acid groups (broad SMARTS) is 1. The molecule has 0 aliphatic carbocycles. The quantitative estimate of drug-likeness (QED) is 0.586. The van der Waals surface area contributed by atoms with Gasteiger partial charge in [-0.15, -0.1) is 0 Å². The third-order valence-corrected chi connectivity index (χ3v) is 5.60. The van der Waals surface area contributed by atoms with E-state index in [1.807, 2.05) is 18.2 Å². The molecule has 3 rings (SSSR count). The molecule has 0 amide bonds. The number of likely N-dealkylation sites (tertiary alicyclic amines) is 1. The van der Waals surface area contributed by atoms with E-state index in [0.717, 1.165) is 31.6 Å². The number of aliphatic carboxylic acids is 1. The maximum Gasteiger partial charge on any atom is 0.325 e. The van der Waals surface area contributed by atoms with Gasteiger partial charge in [0.05, 0.1) is 7.85 Å². The average molecular weight is 377 g/mol. The minimum Gasteiger partial charge on any atom is -0.480 e. The Morgan fingerprint density at radius 2 is 1.86 bits per heavy atom. The highest BCUT2D eigenvalue weighted by Gasteiger charge is 2.48. The van der Waals surface area contributed by atoms with E-state index in [9.17, 15) is 9.90 Å². The first kappa shape index (κ1) is 20.4. The predicted molar refractivity (Wildman–Crippen MR) is 115 cm³/mol.